The van der Waals surface area contributed by atoms with Gasteiger partial charge in [0.15, 0.2) is 0 Å². The highest BCUT2D eigenvalue weighted by molar-refractivity contribution is 5.82. The monoisotopic (exact) mass is 258 g/mol. The third-order valence-corrected chi connectivity index (χ3v) is 3.30. The highest BCUT2D eigenvalue weighted by Crippen LogP contribution is 2.22. The third-order valence-electron chi connectivity index (χ3n) is 3.30. The van der Waals surface area contributed by atoms with Gasteiger partial charge in [-0.2, -0.15) is 0 Å². The van der Waals surface area contributed by atoms with Gasteiger partial charge in [-0.05, 0) is 24.0 Å². The molecule has 0 radical (unpaired) electrons. The van der Waals surface area contributed by atoms with Crippen molar-refractivity contribution < 1.29 is 4.74 Å². The summed E-state index contributed by atoms with van der Waals surface area (Å²) in [5, 5.41) is 1.11. The number of nitrogens with zero attached hydrogens (tertiary/aromatic N) is 1. The molecule has 1 unspecified atom stereocenters. The first kappa shape index (κ1) is 13.8. The number of hydrogen-bond acceptors (Lipinski definition) is 3. The molecular weight excluding hydrogens is 236 g/mol. The van der Waals surface area contributed by atoms with Crippen LogP contribution in [0.5, 0.6) is 5.88 Å². The van der Waals surface area contributed by atoms with E-state index >= 15 is 0 Å². The first-order chi connectivity index (χ1) is 9.24. The molecule has 0 bridgehead atoms. The fourth-order valence-electron chi connectivity index (χ4n) is 2.27. The lowest BCUT2D eigenvalue weighted by Crippen LogP contribution is -2.09. The van der Waals surface area contributed by atoms with E-state index in [1.807, 2.05) is 30.3 Å². The van der Waals surface area contributed by atoms with Gasteiger partial charge in [-0.1, -0.05) is 38.5 Å². The number of aromatic nitrogens is 1. The number of pyridine rings is 1. The quantitative estimate of drug-likeness (QED) is 0.862. The second-order valence-electron chi connectivity index (χ2n) is 5.05. The number of hydrogen-bond donors (Lipinski definition) is 1. The van der Waals surface area contributed by atoms with E-state index in [1.165, 1.54) is 12.8 Å². The molecule has 0 aliphatic heterocycles. The molecule has 3 nitrogen and oxygen atoms in total. The zero-order chi connectivity index (χ0) is 13.7. The summed E-state index contributed by atoms with van der Waals surface area (Å²) < 4.78 is 5.80. The molecule has 0 aliphatic carbocycles. The summed E-state index contributed by atoms with van der Waals surface area (Å²) in [6.07, 6.45) is 2.36. The largest absolute Gasteiger partial charge is 0.477 e. The van der Waals surface area contributed by atoms with Crippen molar-refractivity contribution in [3.63, 3.8) is 0 Å². The fourth-order valence-corrected chi connectivity index (χ4v) is 2.27. The second kappa shape index (κ2) is 6.53. The van der Waals surface area contributed by atoms with Crippen LogP contribution >= 0.6 is 0 Å². The Kier molecular flexibility index (Phi) is 4.74. The first-order valence-electron chi connectivity index (χ1n) is 6.96. The standard InChI is InChI=1S/C16H22N2O/c1-3-6-12(2)11-19-16-9-13(10-17)14-7-4-5-8-15(14)18-16/h4-5,7-9,12H,3,6,10-11,17H2,1-2H3. The topological polar surface area (TPSA) is 48.1 Å². The number of benzene rings is 1. The molecule has 0 amide bonds. The molecule has 0 spiro atoms. The van der Waals surface area contributed by atoms with E-state index in [0.29, 0.717) is 24.9 Å². The lowest BCUT2D eigenvalue weighted by Gasteiger charge is -2.13. The molecule has 1 atom stereocenters. The Bertz CT molecular complexity index is 539. The summed E-state index contributed by atoms with van der Waals surface area (Å²) in [5.74, 6) is 1.24. The Morgan fingerprint density at radius 3 is 2.84 bits per heavy atom. The van der Waals surface area contributed by atoms with Crippen LogP contribution in [0.15, 0.2) is 30.3 Å². The number of fused-ring (bicyclic) bond motifs is 1. The van der Waals surface area contributed by atoms with E-state index < -0.39 is 0 Å². The molecule has 1 aromatic heterocycles. The number of para-hydroxylation sites is 1. The summed E-state index contributed by atoms with van der Waals surface area (Å²) in [6.45, 7) is 5.61. The van der Waals surface area contributed by atoms with Gasteiger partial charge < -0.3 is 10.5 Å². The average molecular weight is 258 g/mol. The molecular formula is C16H22N2O. The van der Waals surface area contributed by atoms with Crippen molar-refractivity contribution in [2.75, 3.05) is 6.61 Å². The maximum absolute atomic E-state index is 5.81. The number of nitrogens with two attached hydrogens (primary N) is 1. The highest BCUT2D eigenvalue weighted by atomic mass is 16.5. The van der Waals surface area contributed by atoms with Crippen LogP contribution in [-0.2, 0) is 6.54 Å². The molecule has 102 valence electrons. The Balaban J connectivity index is 2.19. The molecule has 19 heavy (non-hydrogen) atoms. The van der Waals surface area contributed by atoms with Crippen LogP contribution < -0.4 is 10.5 Å². The minimum atomic E-state index is 0.504. The van der Waals surface area contributed by atoms with Crippen LogP contribution in [0.1, 0.15) is 32.3 Å². The van der Waals surface area contributed by atoms with Gasteiger partial charge in [-0.25, -0.2) is 4.98 Å². The Hall–Kier alpha value is -1.61. The van der Waals surface area contributed by atoms with E-state index in [2.05, 4.69) is 18.8 Å². The van der Waals surface area contributed by atoms with E-state index in [0.717, 1.165) is 16.5 Å². The molecule has 0 aliphatic rings. The van der Waals surface area contributed by atoms with Crippen LogP contribution in [-0.4, -0.2) is 11.6 Å². The van der Waals surface area contributed by atoms with Gasteiger partial charge in [0.25, 0.3) is 0 Å². The van der Waals surface area contributed by atoms with Gasteiger partial charge in [0.05, 0.1) is 12.1 Å². The molecule has 3 heteroatoms. The SMILES string of the molecule is CCCC(C)COc1cc(CN)c2ccccc2n1. The molecule has 2 N–H and O–H groups in total. The zero-order valence-corrected chi connectivity index (χ0v) is 11.7. The van der Waals surface area contributed by atoms with E-state index in [1.54, 1.807) is 0 Å². The molecule has 2 rings (SSSR count). The van der Waals surface area contributed by atoms with Gasteiger partial charge in [-0.3, -0.25) is 0 Å². The summed E-state index contributed by atoms with van der Waals surface area (Å²) in [5.41, 5.74) is 7.84. The van der Waals surface area contributed by atoms with Gasteiger partial charge in [0, 0.05) is 18.0 Å². The maximum Gasteiger partial charge on any atom is 0.214 e. The second-order valence-corrected chi connectivity index (χ2v) is 5.05. The minimum absolute atomic E-state index is 0.504. The maximum atomic E-state index is 5.81. The molecule has 1 aromatic carbocycles. The molecule has 1 heterocycles. The number of rotatable bonds is 6. The average Bonchev–Trinajstić information content (AvgIpc) is 2.44. The van der Waals surface area contributed by atoms with Gasteiger partial charge in [0.1, 0.15) is 0 Å². The summed E-state index contributed by atoms with van der Waals surface area (Å²) in [4.78, 5) is 4.54. The van der Waals surface area contributed by atoms with Crippen molar-refractivity contribution >= 4 is 10.9 Å². The third kappa shape index (κ3) is 3.44. The predicted molar refractivity (Wildman–Crippen MR) is 79.2 cm³/mol. The summed E-state index contributed by atoms with van der Waals surface area (Å²) in [6, 6.07) is 10.00. The van der Waals surface area contributed by atoms with Gasteiger partial charge in [-0.15, -0.1) is 0 Å². The smallest absolute Gasteiger partial charge is 0.214 e. The summed E-state index contributed by atoms with van der Waals surface area (Å²) in [7, 11) is 0. The molecule has 0 saturated carbocycles. The zero-order valence-electron chi connectivity index (χ0n) is 11.7. The van der Waals surface area contributed by atoms with Crippen molar-refractivity contribution in [1.29, 1.82) is 0 Å². The number of ether oxygens (including phenoxy) is 1. The van der Waals surface area contributed by atoms with E-state index in [-0.39, 0.29) is 0 Å². The molecule has 2 aromatic rings. The van der Waals surface area contributed by atoms with Crippen LogP contribution in [0.2, 0.25) is 0 Å². The normalized spacial score (nSPS) is 12.6. The van der Waals surface area contributed by atoms with Crippen LogP contribution in [0.25, 0.3) is 10.9 Å². The van der Waals surface area contributed by atoms with Crippen molar-refractivity contribution in [3.8, 4) is 5.88 Å². The van der Waals surface area contributed by atoms with Crippen molar-refractivity contribution in [3.05, 3.63) is 35.9 Å². The summed E-state index contributed by atoms with van der Waals surface area (Å²) >= 11 is 0. The molecule has 0 saturated heterocycles. The van der Waals surface area contributed by atoms with E-state index in [9.17, 15) is 0 Å². The van der Waals surface area contributed by atoms with Crippen LogP contribution in [0, 0.1) is 5.92 Å². The lowest BCUT2D eigenvalue weighted by molar-refractivity contribution is 0.243. The Morgan fingerprint density at radius 1 is 1.32 bits per heavy atom. The minimum Gasteiger partial charge on any atom is -0.477 e. The Morgan fingerprint density at radius 2 is 2.11 bits per heavy atom. The molecule has 0 fully saturated rings. The fraction of sp³-hybridized carbons (Fsp3) is 0.438. The van der Waals surface area contributed by atoms with E-state index in [4.69, 9.17) is 10.5 Å². The van der Waals surface area contributed by atoms with Gasteiger partial charge in [0.2, 0.25) is 5.88 Å². The van der Waals surface area contributed by atoms with Crippen molar-refractivity contribution in [2.45, 2.75) is 33.2 Å². The van der Waals surface area contributed by atoms with Crippen LogP contribution in [0.3, 0.4) is 0 Å². The van der Waals surface area contributed by atoms with Crippen LogP contribution in [0.4, 0.5) is 0 Å². The highest BCUT2D eigenvalue weighted by Gasteiger charge is 2.07. The first-order valence-corrected chi connectivity index (χ1v) is 6.96. The Labute approximate surface area is 114 Å². The van der Waals surface area contributed by atoms with Gasteiger partial charge >= 0.3 is 0 Å². The van der Waals surface area contributed by atoms with Crippen molar-refractivity contribution in [2.24, 2.45) is 11.7 Å². The lowest BCUT2D eigenvalue weighted by atomic mass is 10.1. The predicted octanol–water partition coefficient (Wildman–Crippen LogP) is 3.51. The van der Waals surface area contributed by atoms with Crippen molar-refractivity contribution in [1.82, 2.24) is 4.98 Å².